The van der Waals surface area contributed by atoms with Gasteiger partial charge in [0.2, 0.25) is 0 Å². The summed E-state index contributed by atoms with van der Waals surface area (Å²) in [7, 11) is 1.65. The van der Waals surface area contributed by atoms with E-state index in [-0.39, 0.29) is 6.04 Å². The molecule has 1 aromatic carbocycles. The average molecular weight is 277 g/mol. The molecule has 0 aliphatic rings. The summed E-state index contributed by atoms with van der Waals surface area (Å²) in [6, 6.07) is 10.0. The maximum absolute atomic E-state index is 5.86. The van der Waals surface area contributed by atoms with Crippen LogP contribution in [-0.4, -0.2) is 13.7 Å². The first kappa shape index (κ1) is 13.9. The maximum Gasteiger partial charge on any atom is 0.161 e. The molecule has 0 amide bonds. The van der Waals surface area contributed by atoms with E-state index >= 15 is 0 Å². The van der Waals surface area contributed by atoms with Crippen LogP contribution in [0.2, 0.25) is 0 Å². The van der Waals surface area contributed by atoms with Crippen molar-refractivity contribution in [3.8, 4) is 11.5 Å². The fraction of sp³-hybridized carbons (Fsp3) is 0.333. The third-order valence-electron chi connectivity index (χ3n) is 2.90. The predicted molar refractivity (Wildman–Crippen MR) is 79.1 cm³/mol. The highest BCUT2D eigenvalue weighted by Gasteiger charge is 2.08. The van der Waals surface area contributed by atoms with E-state index in [2.05, 4.69) is 17.5 Å². The molecule has 0 saturated heterocycles. The number of ether oxygens (including phenoxy) is 2. The number of benzene rings is 1. The summed E-state index contributed by atoms with van der Waals surface area (Å²) in [5.41, 5.74) is 6.90. The van der Waals surface area contributed by atoms with Crippen LogP contribution in [0.3, 0.4) is 0 Å². The lowest BCUT2D eigenvalue weighted by Gasteiger charge is -2.13. The van der Waals surface area contributed by atoms with Gasteiger partial charge in [-0.1, -0.05) is 12.1 Å². The van der Waals surface area contributed by atoms with E-state index in [1.165, 1.54) is 4.88 Å². The van der Waals surface area contributed by atoms with Crippen molar-refractivity contribution in [3.05, 3.63) is 46.2 Å². The van der Waals surface area contributed by atoms with E-state index in [1.807, 2.05) is 25.1 Å². The minimum atomic E-state index is -0.00549. The monoisotopic (exact) mass is 277 g/mol. The number of nitrogens with two attached hydrogens (primary N) is 1. The molecular formula is C15H19NO2S. The number of hydrogen-bond acceptors (Lipinski definition) is 4. The van der Waals surface area contributed by atoms with Gasteiger partial charge in [0.05, 0.1) is 13.7 Å². The van der Waals surface area contributed by atoms with Gasteiger partial charge < -0.3 is 15.2 Å². The van der Waals surface area contributed by atoms with Crippen LogP contribution < -0.4 is 15.2 Å². The van der Waals surface area contributed by atoms with Crippen molar-refractivity contribution in [2.24, 2.45) is 5.73 Å². The first-order chi connectivity index (χ1) is 9.20. The summed E-state index contributed by atoms with van der Waals surface area (Å²) in [4.78, 5) is 1.33. The molecule has 4 heteroatoms. The molecule has 1 aromatic heterocycles. The zero-order valence-electron chi connectivity index (χ0n) is 11.3. The molecule has 2 N–H and O–H groups in total. The van der Waals surface area contributed by atoms with E-state index in [4.69, 9.17) is 15.2 Å². The van der Waals surface area contributed by atoms with Gasteiger partial charge in [0.15, 0.2) is 11.5 Å². The van der Waals surface area contributed by atoms with Gasteiger partial charge in [0, 0.05) is 17.3 Å². The fourth-order valence-electron chi connectivity index (χ4n) is 1.80. The van der Waals surface area contributed by atoms with Crippen molar-refractivity contribution in [3.63, 3.8) is 0 Å². The Kier molecular flexibility index (Phi) is 4.82. The van der Waals surface area contributed by atoms with E-state index in [9.17, 15) is 0 Å². The topological polar surface area (TPSA) is 44.5 Å². The standard InChI is InChI=1S/C15H19NO2S/c1-11(16)12-5-6-14(15(10-12)17-2)18-8-7-13-4-3-9-19-13/h3-6,9-11H,7-8,16H2,1-2H3/t11-/m1/s1. The van der Waals surface area contributed by atoms with Gasteiger partial charge in [0.25, 0.3) is 0 Å². The van der Waals surface area contributed by atoms with Crippen LogP contribution in [-0.2, 0) is 6.42 Å². The molecule has 102 valence electrons. The molecule has 0 unspecified atom stereocenters. The van der Waals surface area contributed by atoms with E-state index in [0.29, 0.717) is 6.61 Å². The molecule has 0 radical (unpaired) electrons. The molecule has 0 fully saturated rings. The zero-order chi connectivity index (χ0) is 13.7. The van der Waals surface area contributed by atoms with Crippen molar-refractivity contribution in [2.45, 2.75) is 19.4 Å². The smallest absolute Gasteiger partial charge is 0.161 e. The van der Waals surface area contributed by atoms with Crippen LogP contribution in [0.5, 0.6) is 11.5 Å². The Labute approximate surface area is 118 Å². The molecule has 19 heavy (non-hydrogen) atoms. The highest BCUT2D eigenvalue weighted by molar-refractivity contribution is 7.09. The summed E-state index contributed by atoms with van der Waals surface area (Å²) < 4.78 is 11.1. The highest BCUT2D eigenvalue weighted by Crippen LogP contribution is 2.30. The summed E-state index contributed by atoms with van der Waals surface area (Å²) in [6.07, 6.45) is 0.913. The Morgan fingerprint density at radius 2 is 2.11 bits per heavy atom. The molecule has 1 heterocycles. The average Bonchev–Trinajstić information content (AvgIpc) is 2.92. The number of hydrogen-bond donors (Lipinski definition) is 1. The lowest BCUT2D eigenvalue weighted by molar-refractivity contribution is 0.298. The van der Waals surface area contributed by atoms with Crippen LogP contribution >= 0.6 is 11.3 Å². The van der Waals surface area contributed by atoms with Gasteiger partial charge in [-0.25, -0.2) is 0 Å². The largest absolute Gasteiger partial charge is 0.493 e. The fourth-order valence-corrected chi connectivity index (χ4v) is 2.49. The molecule has 0 bridgehead atoms. The summed E-state index contributed by atoms with van der Waals surface area (Å²) in [5, 5.41) is 2.08. The lowest BCUT2D eigenvalue weighted by Crippen LogP contribution is -2.06. The normalized spacial score (nSPS) is 12.2. The van der Waals surface area contributed by atoms with Gasteiger partial charge in [-0.15, -0.1) is 11.3 Å². The summed E-state index contributed by atoms with van der Waals surface area (Å²) in [6.45, 7) is 2.60. The van der Waals surface area contributed by atoms with Gasteiger partial charge in [-0.05, 0) is 36.1 Å². The SMILES string of the molecule is COc1cc([C@@H](C)N)ccc1OCCc1cccs1. The van der Waals surface area contributed by atoms with Crippen molar-refractivity contribution in [2.75, 3.05) is 13.7 Å². The van der Waals surface area contributed by atoms with Crippen LogP contribution in [0.1, 0.15) is 23.4 Å². The molecule has 0 saturated carbocycles. The molecule has 0 aliphatic heterocycles. The Morgan fingerprint density at radius 3 is 2.74 bits per heavy atom. The molecule has 0 aliphatic carbocycles. The predicted octanol–water partition coefficient (Wildman–Crippen LogP) is 3.40. The molecule has 2 rings (SSSR count). The molecule has 0 spiro atoms. The highest BCUT2D eigenvalue weighted by atomic mass is 32.1. The Hall–Kier alpha value is -1.52. The van der Waals surface area contributed by atoms with Crippen LogP contribution in [0.15, 0.2) is 35.7 Å². The zero-order valence-corrected chi connectivity index (χ0v) is 12.1. The third-order valence-corrected chi connectivity index (χ3v) is 3.84. The second-order valence-electron chi connectivity index (χ2n) is 4.38. The second kappa shape index (κ2) is 6.59. The van der Waals surface area contributed by atoms with Gasteiger partial charge in [-0.3, -0.25) is 0 Å². The molecule has 2 aromatic rings. The minimum absolute atomic E-state index is 0.00549. The minimum Gasteiger partial charge on any atom is -0.493 e. The molecular weight excluding hydrogens is 258 g/mol. The van der Waals surface area contributed by atoms with E-state index in [0.717, 1.165) is 23.5 Å². The quantitative estimate of drug-likeness (QED) is 0.880. The van der Waals surface area contributed by atoms with Crippen LogP contribution in [0, 0.1) is 0 Å². The number of rotatable bonds is 6. The first-order valence-corrected chi connectivity index (χ1v) is 7.17. The van der Waals surface area contributed by atoms with E-state index < -0.39 is 0 Å². The van der Waals surface area contributed by atoms with Gasteiger partial charge in [0.1, 0.15) is 0 Å². The van der Waals surface area contributed by atoms with Gasteiger partial charge >= 0.3 is 0 Å². The van der Waals surface area contributed by atoms with Crippen molar-refractivity contribution in [1.82, 2.24) is 0 Å². The first-order valence-electron chi connectivity index (χ1n) is 6.29. The van der Waals surface area contributed by atoms with Crippen molar-refractivity contribution < 1.29 is 9.47 Å². The third kappa shape index (κ3) is 3.72. The maximum atomic E-state index is 5.86. The number of thiophene rings is 1. The summed E-state index contributed by atoms with van der Waals surface area (Å²) in [5.74, 6) is 1.50. The summed E-state index contributed by atoms with van der Waals surface area (Å²) >= 11 is 1.75. The Bertz CT molecular complexity index is 509. The second-order valence-corrected chi connectivity index (χ2v) is 5.41. The van der Waals surface area contributed by atoms with Crippen LogP contribution in [0.25, 0.3) is 0 Å². The molecule has 1 atom stereocenters. The number of methoxy groups -OCH3 is 1. The lowest BCUT2D eigenvalue weighted by atomic mass is 10.1. The van der Waals surface area contributed by atoms with Gasteiger partial charge in [-0.2, -0.15) is 0 Å². The molecule has 3 nitrogen and oxygen atoms in total. The van der Waals surface area contributed by atoms with Crippen LogP contribution in [0.4, 0.5) is 0 Å². The Morgan fingerprint density at radius 1 is 1.26 bits per heavy atom. The van der Waals surface area contributed by atoms with Crippen molar-refractivity contribution >= 4 is 11.3 Å². The van der Waals surface area contributed by atoms with Crippen molar-refractivity contribution in [1.29, 1.82) is 0 Å². The Balaban J connectivity index is 1.99. The van der Waals surface area contributed by atoms with E-state index in [1.54, 1.807) is 18.4 Å².